The summed E-state index contributed by atoms with van der Waals surface area (Å²) in [5.74, 6) is -1.22. The molecule has 19 heavy (non-hydrogen) atoms. The van der Waals surface area contributed by atoms with Crippen LogP contribution in [-0.2, 0) is 9.59 Å². The second-order valence-electron chi connectivity index (χ2n) is 4.25. The van der Waals surface area contributed by atoms with E-state index in [9.17, 15) is 9.59 Å². The van der Waals surface area contributed by atoms with Crippen LogP contribution in [-0.4, -0.2) is 36.0 Å². The first-order valence-electron chi connectivity index (χ1n) is 6.05. The largest absolute Gasteiger partial charge is 0.334 e. The molecule has 0 aromatic heterocycles. The molecule has 1 heterocycles. The van der Waals surface area contributed by atoms with Crippen LogP contribution in [0.3, 0.4) is 0 Å². The minimum atomic E-state index is -0.702. The molecule has 1 aliphatic rings. The molecule has 1 saturated heterocycles. The third-order valence-corrected chi connectivity index (χ3v) is 3.09. The number of hydrogen-bond donors (Lipinski definition) is 1. The summed E-state index contributed by atoms with van der Waals surface area (Å²) in [6.07, 6.45) is 3.37. The maximum Gasteiger partial charge on any atom is 0.329 e. The highest BCUT2D eigenvalue weighted by Crippen LogP contribution is 2.08. The maximum absolute atomic E-state index is 11.7. The molecule has 0 atom stereocenters. The fourth-order valence-electron chi connectivity index (χ4n) is 1.83. The third-order valence-electron chi connectivity index (χ3n) is 2.84. The maximum atomic E-state index is 11.7. The van der Waals surface area contributed by atoms with Gasteiger partial charge >= 0.3 is 11.8 Å². The highest BCUT2D eigenvalue weighted by Gasteiger charge is 2.23. The van der Waals surface area contributed by atoms with Gasteiger partial charge in [-0.3, -0.25) is 9.59 Å². The molecule has 2 rings (SSSR count). The number of halogens is 1. The zero-order valence-corrected chi connectivity index (χ0v) is 11.1. The molecule has 1 aromatic carbocycles. The summed E-state index contributed by atoms with van der Waals surface area (Å²) in [5.41, 5.74) is 3.02. The summed E-state index contributed by atoms with van der Waals surface area (Å²) in [7, 11) is 0. The summed E-state index contributed by atoms with van der Waals surface area (Å²) in [6, 6.07) is 6.97. The van der Waals surface area contributed by atoms with Crippen molar-refractivity contribution in [3.05, 3.63) is 34.9 Å². The fourth-order valence-corrected chi connectivity index (χ4v) is 1.95. The van der Waals surface area contributed by atoms with E-state index in [1.807, 2.05) is 0 Å². The van der Waals surface area contributed by atoms with Crippen molar-refractivity contribution in [2.45, 2.75) is 12.8 Å². The number of nitrogens with zero attached hydrogens (tertiary/aromatic N) is 2. The third kappa shape index (κ3) is 3.79. The van der Waals surface area contributed by atoms with Crippen LogP contribution in [0.25, 0.3) is 0 Å². The van der Waals surface area contributed by atoms with Crippen molar-refractivity contribution >= 4 is 29.6 Å². The molecule has 1 fully saturated rings. The first-order valence-corrected chi connectivity index (χ1v) is 6.42. The van der Waals surface area contributed by atoms with Gasteiger partial charge in [0.05, 0.1) is 6.21 Å². The molecule has 2 amide bonds. The SMILES string of the molecule is O=C(N/N=C\c1ccc(Cl)cc1)C(=O)N1CCCC1. The van der Waals surface area contributed by atoms with E-state index < -0.39 is 11.8 Å². The van der Waals surface area contributed by atoms with Crippen LogP contribution in [0.5, 0.6) is 0 Å². The molecule has 6 heteroatoms. The van der Waals surface area contributed by atoms with Crippen LogP contribution in [0.4, 0.5) is 0 Å². The Labute approximate surface area is 116 Å². The van der Waals surface area contributed by atoms with E-state index >= 15 is 0 Å². The number of carbonyl (C=O) groups excluding carboxylic acids is 2. The zero-order valence-electron chi connectivity index (χ0n) is 10.3. The molecular weight excluding hydrogens is 266 g/mol. The molecule has 5 nitrogen and oxygen atoms in total. The molecule has 0 aliphatic carbocycles. The van der Waals surface area contributed by atoms with Gasteiger partial charge in [0.15, 0.2) is 0 Å². The Morgan fingerprint density at radius 3 is 2.47 bits per heavy atom. The second-order valence-corrected chi connectivity index (χ2v) is 4.69. The van der Waals surface area contributed by atoms with Gasteiger partial charge in [-0.2, -0.15) is 5.10 Å². The number of rotatable bonds is 2. The van der Waals surface area contributed by atoms with Gasteiger partial charge in [-0.05, 0) is 30.5 Å². The van der Waals surface area contributed by atoms with Gasteiger partial charge in [-0.15, -0.1) is 0 Å². The molecule has 0 spiro atoms. The van der Waals surface area contributed by atoms with Gasteiger partial charge in [0, 0.05) is 18.1 Å². The molecule has 1 aliphatic heterocycles. The van der Waals surface area contributed by atoms with Gasteiger partial charge < -0.3 is 4.90 Å². The van der Waals surface area contributed by atoms with E-state index in [1.54, 1.807) is 24.3 Å². The fraction of sp³-hybridized carbons (Fsp3) is 0.308. The number of amides is 2. The van der Waals surface area contributed by atoms with Crippen molar-refractivity contribution in [2.75, 3.05) is 13.1 Å². The molecule has 100 valence electrons. The minimum absolute atomic E-state index is 0.522. The monoisotopic (exact) mass is 279 g/mol. The van der Waals surface area contributed by atoms with Crippen molar-refractivity contribution in [3.8, 4) is 0 Å². The molecule has 0 saturated carbocycles. The van der Waals surface area contributed by atoms with Crippen LogP contribution < -0.4 is 5.43 Å². The van der Waals surface area contributed by atoms with E-state index in [1.165, 1.54) is 11.1 Å². The average molecular weight is 280 g/mol. The van der Waals surface area contributed by atoms with Crippen molar-refractivity contribution in [1.29, 1.82) is 0 Å². The second kappa shape index (κ2) is 6.33. The highest BCUT2D eigenvalue weighted by molar-refractivity contribution is 6.35. The summed E-state index contributed by atoms with van der Waals surface area (Å²) < 4.78 is 0. The van der Waals surface area contributed by atoms with Crippen molar-refractivity contribution in [2.24, 2.45) is 5.10 Å². The van der Waals surface area contributed by atoms with Crippen molar-refractivity contribution in [1.82, 2.24) is 10.3 Å². The Hall–Kier alpha value is -1.88. The first kappa shape index (κ1) is 13.5. The lowest BCUT2D eigenvalue weighted by atomic mass is 10.2. The van der Waals surface area contributed by atoms with Gasteiger partial charge in [0.2, 0.25) is 0 Å². The number of likely N-dealkylation sites (tertiary alicyclic amines) is 1. The predicted molar refractivity (Wildman–Crippen MR) is 73.0 cm³/mol. The van der Waals surface area contributed by atoms with Gasteiger partial charge in [-0.1, -0.05) is 23.7 Å². The van der Waals surface area contributed by atoms with Crippen LogP contribution >= 0.6 is 11.6 Å². The number of carbonyl (C=O) groups is 2. The number of hydrogen-bond acceptors (Lipinski definition) is 3. The molecule has 0 radical (unpaired) electrons. The zero-order chi connectivity index (χ0) is 13.7. The standard InChI is InChI=1S/C13H14ClN3O2/c14-11-5-3-10(4-6-11)9-15-16-12(18)13(19)17-7-1-2-8-17/h3-6,9H,1-2,7-8H2,(H,16,18)/b15-9-. The van der Waals surface area contributed by atoms with E-state index in [-0.39, 0.29) is 0 Å². The molecule has 1 aromatic rings. The molecular formula is C13H14ClN3O2. The quantitative estimate of drug-likeness (QED) is 0.505. The van der Waals surface area contributed by atoms with E-state index in [0.29, 0.717) is 18.1 Å². The van der Waals surface area contributed by atoms with Crippen LogP contribution in [0.15, 0.2) is 29.4 Å². The van der Waals surface area contributed by atoms with Crippen molar-refractivity contribution in [3.63, 3.8) is 0 Å². The molecule has 0 bridgehead atoms. The van der Waals surface area contributed by atoms with Gasteiger partial charge in [0.1, 0.15) is 0 Å². The van der Waals surface area contributed by atoms with Crippen LogP contribution in [0.1, 0.15) is 18.4 Å². The Kier molecular flexibility index (Phi) is 4.52. The lowest BCUT2D eigenvalue weighted by Crippen LogP contribution is -2.39. The summed E-state index contributed by atoms with van der Waals surface area (Å²) in [6.45, 7) is 1.29. The Morgan fingerprint density at radius 1 is 1.21 bits per heavy atom. The Bertz CT molecular complexity index is 493. The normalized spacial score (nSPS) is 14.9. The highest BCUT2D eigenvalue weighted by atomic mass is 35.5. The Balaban J connectivity index is 1.85. The lowest BCUT2D eigenvalue weighted by Gasteiger charge is -2.12. The summed E-state index contributed by atoms with van der Waals surface area (Å²) in [5, 5.41) is 4.38. The predicted octanol–water partition coefficient (Wildman–Crippen LogP) is 1.41. The summed E-state index contributed by atoms with van der Waals surface area (Å²) in [4.78, 5) is 24.7. The smallest absolute Gasteiger partial charge is 0.329 e. The number of hydrazone groups is 1. The number of nitrogens with one attached hydrogen (secondary N) is 1. The molecule has 1 N–H and O–H groups in total. The van der Waals surface area contributed by atoms with E-state index in [4.69, 9.17) is 11.6 Å². The Morgan fingerprint density at radius 2 is 1.84 bits per heavy atom. The van der Waals surface area contributed by atoms with Gasteiger partial charge in [-0.25, -0.2) is 5.43 Å². The summed E-state index contributed by atoms with van der Waals surface area (Å²) >= 11 is 5.75. The van der Waals surface area contributed by atoms with E-state index in [0.717, 1.165) is 18.4 Å². The topological polar surface area (TPSA) is 61.8 Å². The molecule has 0 unspecified atom stereocenters. The minimum Gasteiger partial charge on any atom is -0.334 e. The first-order chi connectivity index (χ1) is 9.16. The van der Waals surface area contributed by atoms with E-state index in [2.05, 4.69) is 10.5 Å². The number of benzene rings is 1. The lowest BCUT2D eigenvalue weighted by molar-refractivity contribution is -0.145. The van der Waals surface area contributed by atoms with Crippen molar-refractivity contribution < 1.29 is 9.59 Å². The average Bonchev–Trinajstić information content (AvgIpc) is 2.94. The van der Waals surface area contributed by atoms with Gasteiger partial charge in [0.25, 0.3) is 0 Å². The van der Waals surface area contributed by atoms with Crippen LogP contribution in [0.2, 0.25) is 5.02 Å². The van der Waals surface area contributed by atoms with Crippen LogP contribution in [0, 0.1) is 0 Å².